The van der Waals surface area contributed by atoms with Gasteiger partial charge >= 0.3 is 0 Å². The van der Waals surface area contributed by atoms with Crippen molar-refractivity contribution in [3.63, 3.8) is 0 Å². The van der Waals surface area contributed by atoms with Crippen molar-refractivity contribution in [2.75, 3.05) is 31.7 Å². The Morgan fingerprint density at radius 2 is 1.79 bits per heavy atom. The van der Waals surface area contributed by atoms with Gasteiger partial charge < -0.3 is 10.5 Å². The van der Waals surface area contributed by atoms with E-state index in [1.807, 2.05) is 43.7 Å². The van der Waals surface area contributed by atoms with E-state index in [2.05, 4.69) is 40.7 Å². The third-order valence-electron chi connectivity index (χ3n) is 7.70. The van der Waals surface area contributed by atoms with Gasteiger partial charge in [0.05, 0.1) is 36.2 Å². The Balaban J connectivity index is 1.54. The summed E-state index contributed by atoms with van der Waals surface area (Å²) in [6.45, 7) is 5.95. The van der Waals surface area contributed by atoms with Gasteiger partial charge in [-0.3, -0.25) is 14.1 Å². The number of methoxy groups -OCH3 is 1. The van der Waals surface area contributed by atoms with Crippen LogP contribution in [0.15, 0.2) is 48.9 Å². The molecule has 0 saturated carbocycles. The molecule has 0 unspecified atom stereocenters. The van der Waals surface area contributed by atoms with Crippen molar-refractivity contribution >= 4 is 20.9 Å². The number of aryl methyl sites for hydroxylation is 2. The third-order valence-corrected chi connectivity index (χ3v) is 9.31. The van der Waals surface area contributed by atoms with E-state index in [4.69, 9.17) is 15.5 Å². The Morgan fingerprint density at radius 1 is 1.08 bits per heavy atom. The van der Waals surface area contributed by atoms with Crippen LogP contribution < -0.4 is 10.5 Å². The predicted molar refractivity (Wildman–Crippen MR) is 150 cm³/mol. The monoisotopic (exact) mass is 536 g/mol. The molecule has 3 aromatic heterocycles. The van der Waals surface area contributed by atoms with Gasteiger partial charge in [0.1, 0.15) is 11.4 Å². The zero-order chi connectivity index (χ0) is 27.1. The maximum absolute atomic E-state index is 12.0. The minimum Gasteiger partial charge on any atom is -0.497 e. The van der Waals surface area contributed by atoms with Crippen molar-refractivity contribution in [3.05, 3.63) is 60.0 Å². The summed E-state index contributed by atoms with van der Waals surface area (Å²) in [6, 6.07) is 9.97. The van der Waals surface area contributed by atoms with Crippen LogP contribution in [0, 0.1) is 0 Å². The summed E-state index contributed by atoms with van der Waals surface area (Å²) in [7, 11) is 0.638. The third kappa shape index (κ3) is 5.21. The maximum atomic E-state index is 12.0. The molecule has 9 nitrogen and oxygen atoms in total. The smallest absolute Gasteiger partial charge is 0.152 e. The summed E-state index contributed by atoms with van der Waals surface area (Å²) in [5, 5.41) is 5.46. The fourth-order valence-corrected chi connectivity index (χ4v) is 6.50. The van der Waals surface area contributed by atoms with E-state index in [0.717, 1.165) is 52.1 Å². The lowest BCUT2D eigenvalue weighted by molar-refractivity contribution is 0.123. The van der Waals surface area contributed by atoms with Gasteiger partial charge in [0.2, 0.25) is 0 Å². The first-order valence-corrected chi connectivity index (χ1v) is 14.8. The summed E-state index contributed by atoms with van der Waals surface area (Å²) in [5.74, 6) is 1.25. The number of aromatic nitrogens is 4. The van der Waals surface area contributed by atoms with Gasteiger partial charge in [-0.25, -0.2) is 13.4 Å². The lowest BCUT2D eigenvalue weighted by Crippen LogP contribution is -2.51. The maximum Gasteiger partial charge on any atom is 0.152 e. The number of hydrogen-bond donors (Lipinski definition) is 1. The van der Waals surface area contributed by atoms with Crippen molar-refractivity contribution in [1.29, 1.82) is 0 Å². The average molecular weight is 537 g/mol. The van der Waals surface area contributed by atoms with Crippen LogP contribution in [0.2, 0.25) is 0 Å². The van der Waals surface area contributed by atoms with Gasteiger partial charge in [-0.2, -0.15) is 5.10 Å². The van der Waals surface area contributed by atoms with E-state index >= 15 is 0 Å². The minimum atomic E-state index is -2.92. The molecule has 0 radical (unpaired) electrons. The molecular formula is C28H36N6O3S. The number of nitrogens with two attached hydrogens (primary N) is 1. The van der Waals surface area contributed by atoms with Crippen LogP contribution in [0.1, 0.15) is 31.4 Å². The number of hydrogen-bond acceptors (Lipinski definition) is 7. The second-order valence-corrected chi connectivity index (χ2v) is 12.9. The Hall–Kier alpha value is -3.21. The zero-order valence-corrected chi connectivity index (χ0v) is 23.3. The number of nitrogens with zero attached hydrogens (tertiary/aromatic N) is 5. The summed E-state index contributed by atoms with van der Waals surface area (Å²) in [4.78, 5) is 7.42. The van der Waals surface area contributed by atoms with E-state index in [9.17, 15) is 8.42 Å². The van der Waals surface area contributed by atoms with Crippen LogP contribution in [-0.4, -0.2) is 69.9 Å². The summed E-state index contributed by atoms with van der Waals surface area (Å²) >= 11 is 0. The van der Waals surface area contributed by atoms with Gasteiger partial charge in [-0.1, -0.05) is 0 Å². The molecule has 4 aromatic rings. The van der Waals surface area contributed by atoms with Gasteiger partial charge in [0, 0.05) is 55.6 Å². The normalized spacial score (nSPS) is 16.2. The van der Waals surface area contributed by atoms with E-state index in [0.29, 0.717) is 19.6 Å². The quantitative estimate of drug-likeness (QED) is 0.368. The van der Waals surface area contributed by atoms with Crippen molar-refractivity contribution in [1.82, 2.24) is 24.2 Å². The molecule has 0 bridgehead atoms. The molecule has 0 amide bonds. The van der Waals surface area contributed by atoms with Crippen LogP contribution >= 0.6 is 0 Å². The van der Waals surface area contributed by atoms with Crippen LogP contribution in [0.3, 0.4) is 0 Å². The molecule has 10 heteroatoms. The van der Waals surface area contributed by atoms with Crippen molar-refractivity contribution in [2.45, 2.75) is 38.8 Å². The number of ether oxygens (including phenoxy) is 1. The molecule has 1 aliphatic rings. The van der Waals surface area contributed by atoms with Crippen molar-refractivity contribution < 1.29 is 13.2 Å². The van der Waals surface area contributed by atoms with E-state index < -0.39 is 9.84 Å². The number of pyridine rings is 1. The fraction of sp³-hybridized carbons (Fsp3) is 0.429. The second kappa shape index (κ2) is 10.2. The Labute approximate surface area is 224 Å². The van der Waals surface area contributed by atoms with Gasteiger partial charge in [-0.15, -0.1) is 0 Å². The van der Waals surface area contributed by atoms with Crippen LogP contribution in [0.4, 0.5) is 0 Å². The molecule has 0 spiro atoms. The van der Waals surface area contributed by atoms with Crippen LogP contribution in [0.25, 0.3) is 28.0 Å². The first kappa shape index (κ1) is 26.4. The number of benzene rings is 1. The number of sulfone groups is 1. The second-order valence-electron chi connectivity index (χ2n) is 10.6. The first-order chi connectivity index (χ1) is 18.1. The summed E-state index contributed by atoms with van der Waals surface area (Å²) < 4.78 is 33.1. The standard InChI is InChI=1S/C28H36N6O3S/c1-28(2,33-11-13-38(35,36)14-12-33)10-9-21-18-34(23-17-30-32(3)19-23)27-26(21)22(16-29)15-25(31-27)20-5-7-24(37-4)8-6-20/h5-8,15,17-19H,9-14,16,29H2,1-4H3. The summed E-state index contributed by atoms with van der Waals surface area (Å²) in [5.41, 5.74) is 12.0. The molecule has 5 rings (SSSR count). The van der Waals surface area contributed by atoms with Gasteiger partial charge in [0.15, 0.2) is 9.84 Å². The molecule has 4 heterocycles. The Bertz CT molecular complexity index is 1540. The molecule has 1 aliphatic heterocycles. The topological polar surface area (TPSA) is 108 Å². The first-order valence-electron chi connectivity index (χ1n) is 12.9. The predicted octanol–water partition coefficient (Wildman–Crippen LogP) is 3.33. The van der Waals surface area contributed by atoms with Crippen LogP contribution in [-0.2, 0) is 29.9 Å². The zero-order valence-electron chi connectivity index (χ0n) is 22.5. The molecule has 202 valence electrons. The molecule has 0 atom stereocenters. The number of rotatable bonds is 8. The molecule has 1 fully saturated rings. The van der Waals surface area contributed by atoms with E-state index in [1.165, 1.54) is 5.56 Å². The Morgan fingerprint density at radius 3 is 2.39 bits per heavy atom. The SMILES string of the molecule is COc1ccc(-c2cc(CN)c3c(CCC(C)(C)N4CCS(=O)(=O)CC4)cn(-c4cnn(C)c4)c3n2)cc1. The van der Waals surface area contributed by atoms with Gasteiger partial charge in [0.25, 0.3) is 0 Å². The molecule has 1 aromatic carbocycles. The highest BCUT2D eigenvalue weighted by Crippen LogP contribution is 2.33. The molecule has 1 saturated heterocycles. The van der Waals surface area contributed by atoms with Crippen molar-refractivity contribution in [3.8, 4) is 22.7 Å². The highest BCUT2D eigenvalue weighted by atomic mass is 32.2. The molecular weight excluding hydrogens is 500 g/mol. The average Bonchev–Trinajstić information content (AvgIpc) is 3.50. The highest BCUT2D eigenvalue weighted by Gasteiger charge is 2.32. The lowest BCUT2D eigenvalue weighted by Gasteiger charge is -2.41. The highest BCUT2D eigenvalue weighted by molar-refractivity contribution is 7.91. The van der Waals surface area contributed by atoms with E-state index in [1.54, 1.807) is 11.8 Å². The van der Waals surface area contributed by atoms with Crippen molar-refractivity contribution in [2.24, 2.45) is 12.8 Å². The van der Waals surface area contributed by atoms with Crippen LogP contribution in [0.5, 0.6) is 5.75 Å². The van der Waals surface area contributed by atoms with Gasteiger partial charge in [-0.05, 0) is 68.1 Å². The largest absolute Gasteiger partial charge is 0.497 e. The Kier molecular flexibility index (Phi) is 7.06. The van der Waals surface area contributed by atoms with E-state index in [-0.39, 0.29) is 17.0 Å². The summed E-state index contributed by atoms with van der Waals surface area (Å²) in [6.07, 6.45) is 7.67. The molecule has 0 aliphatic carbocycles. The minimum absolute atomic E-state index is 0.141. The lowest BCUT2D eigenvalue weighted by atomic mass is 9.92. The molecule has 2 N–H and O–H groups in total. The number of fused-ring (bicyclic) bond motifs is 1. The molecule has 38 heavy (non-hydrogen) atoms. The fourth-order valence-electron chi connectivity index (χ4n) is 5.29.